The molecule has 2 amide bonds. The number of hydrogen-bond acceptors (Lipinski definition) is 5. The SMILES string of the molecule is CN(C)CCNC(=O)c1cccc(-c2cccc3cc(C(=O)N[C@H]4CN5CCC4CC5)oc23)c1. The van der Waals surface area contributed by atoms with Crippen molar-refractivity contribution in [3.8, 4) is 11.1 Å². The molecule has 3 aliphatic heterocycles. The molecule has 7 heteroatoms. The van der Waals surface area contributed by atoms with Crippen molar-refractivity contribution in [3.05, 3.63) is 59.9 Å². The number of nitrogens with one attached hydrogen (secondary N) is 2. The molecule has 3 fully saturated rings. The third-order valence-corrected chi connectivity index (χ3v) is 7.02. The Labute approximate surface area is 200 Å². The number of carbonyl (C=O) groups is 2. The van der Waals surface area contributed by atoms with E-state index in [0.29, 0.717) is 29.4 Å². The minimum Gasteiger partial charge on any atom is -0.450 e. The van der Waals surface area contributed by atoms with Crippen molar-refractivity contribution >= 4 is 22.8 Å². The Morgan fingerprint density at radius 3 is 2.59 bits per heavy atom. The van der Waals surface area contributed by atoms with Crippen molar-refractivity contribution < 1.29 is 14.0 Å². The molecule has 34 heavy (non-hydrogen) atoms. The molecule has 0 spiro atoms. The molecule has 4 heterocycles. The van der Waals surface area contributed by atoms with Crippen LogP contribution in [0.5, 0.6) is 0 Å². The van der Waals surface area contributed by atoms with E-state index < -0.39 is 0 Å². The number of benzene rings is 2. The summed E-state index contributed by atoms with van der Waals surface area (Å²) < 4.78 is 6.10. The first-order valence-electron chi connectivity index (χ1n) is 12.1. The number of para-hydroxylation sites is 1. The van der Waals surface area contributed by atoms with Crippen molar-refractivity contribution in [1.82, 2.24) is 20.4 Å². The average molecular weight is 461 g/mol. The maximum atomic E-state index is 13.0. The van der Waals surface area contributed by atoms with Crippen LogP contribution in [-0.4, -0.2) is 74.5 Å². The molecule has 0 saturated carbocycles. The van der Waals surface area contributed by atoms with Gasteiger partial charge in [-0.1, -0.05) is 30.3 Å². The summed E-state index contributed by atoms with van der Waals surface area (Å²) in [5, 5.41) is 7.04. The molecule has 2 N–H and O–H groups in total. The Morgan fingerprint density at radius 1 is 1.06 bits per heavy atom. The van der Waals surface area contributed by atoms with Crippen molar-refractivity contribution in [1.29, 1.82) is 0 Å². The summed E-state index contributed by atoms with van der Waals surface area (Å²) in [4.78, 5) is 30.1. The minimum absolute atomic E-state index is 0.104. The Bertz CT molecular complexity index is 1190. The van der Waals surface area contributed by atoms with Crippen LogP contribution in [0.3, 0.4) is 0 Å². The molecule has 2 bridgehead atoms. The van der Waals surface area contributed by atoms with Crippen molar-refractivity contribution in [2.24, 2.45) is 5.92 Å². The lowest BCUT2D eigenvalue weighted by atomic mass is 9.84. The minimum atomic E-state index is -0.157. The van der Waals surface area contributed by atoms with E-state index in [4.69, 9.17) is 4.42 Å². The molecule has 6 rings (SSSR count). The maximum absolute atomic E-state index is 13.0. The van der Waals surface area contributed by atoms with Gasteiger partial charge in [0.2, 0.25) is 0 Å². The zero-order chi connectivity index (χ0) is 23.7. The fourth-order valence-corrected chi connectivity index (χ4v) is 5.09. The van der Waals surface area contributed by atoms with Crippen LogP contribution in [0.1, 0.15) is 33.8 Å². The number of hydrogen-bond donors (Lipinski definition) is 2. The maximum Gasteiger partial charge on any atom is 0.287 e. The van der Waals surface area contributed by atoms with E-state index in [9.17, 15) is 9.59 Å². The summed E-state index contributed by atoms with van der Waals surface area (Å²) in [5.41, 5.74) is 3.00. The number of nitrogens with zero attached hydrogens (tertiary/aromatic N) is 2. The highest BCUT2D eigenvalue weighted by atomic mass is 16.3. The van der Waals surface area contributed by atoms with Crippen LogP contribution >= 0.6 is 0 Å². The largest absolute Gasteiger partial charge is 0.450 e. The number of likely N-dealkylation sites (N-methyl/N-ethyl adjacent to an activating group) is 1. The van der Waals surface area contributed by atoms with E-state index >= 15 is 0 Å². The molecule has 0 aliphatic carbocycles. The van der Waals surface area contributed by atoms with Crippen LogP contribution in [0.25, 0.3) is 22.1 Å². The molecule has 178 valence electrons. The number of piperidine rings is 3. The summed E-state index contributed by atoms with van der Waals surface area (Å²) >= 11 is 0. The van der Waals surface area contributed by atoms with Crippen molar-refractivity contribution in [2.45, 2.75) is 18.9 Å². The van der Waals surface area contributed by atoms with Gasteiger partial charge in [-0.15, -0.1) is 0 Å². The number of carbonyl (C=O) groups excluding carboxylic acids is 2. The van der Waals surface area contributed by atoms with E-state index in [1.807, 2.05) is 67.5 Å². The van der Waals surface area contributed by atoms with Crippen LogP contribution < -0.4 is 10.6 Å². The highest BCUT2D eigenvalue weighted by molar-refractivity contribution is 6.01. The summed E-state index contributed by atoms with van der Waals surface area (Å²) in [6.45, 7) is 4.56. The summed E-state index contributed by atoms with van der Waals surface area (Å²) in [7, 11) is 3.95. The first-order valence-corrected chi connectivity index (χ1v) is 12.1. The molecular weight excluding hydrogens is 428 g/mol. The number of amides is 2. The van der Waals surface area contributed by atoms with E-state index in [2.05, 4.69) is 15.5 Å². The van der Waals surface area contributed by atoms with Crippen LogP contribution in [0.4, 0.5) is 0 Å². The molecule has 1 atom stereocenters. The van der Waals surface area contributed by atoms with Gasteiger partial charge in [0, 0.05) is 42.2 Å². The first kappa shape index (κ1) is 22.6. The van der Waals surface area contributed by atoms with Gasteiger partial charge in [0.05, 0.1) is 0 Å². The lowest BCUT2D eigenvalue weighted by Gasteiger charge is -2.44. The normalized spacial score (nSPS) is 21.7. The second kappa shape index (κ2) is 9.60. The molecule has 7 nitrogen and oxygen atoms in total. The highest BCUT2D eigenvalue weighted by Gasteiger charge is 2.35. The number of rotatable bonds is 7. The van der Waals surface area contributed by atoms with E-state index in [1.54, 1.807) is 0 Å². The molecule has 1 aromatic heterocycles. The summed E-state index contributed by atoms with van der Waals surface area (Å²) in [6.07, 6.45) is 2.29. The Morgan fingerprint density at radius 2 is 1.85 bits per heavy atom. The number of furan rings is 1. The summed E-state index contributed by atoms with van der Waals surface area (Å²) in [5.74, 6) is 0.625. The predicted molar refractivity (Wildman–Crippen MR) is 133 cm³/mol. The smallest absolute Gasteiger partial charge is 0.287 e. The van der Waals surface area contributed by atoms with Gasteiger partial charge in [-0.25, -0.2) is 0 Å². The standard InChI is InChI=1S/C27H32N4O3/c1-30(2)14-11-28-26(32)21-7-3-5-19(15-21)22-8-4-6-20-16-24(34-25(20)22)27(33)29-23-17-31-12-9-18(23)10-13-31/h3-8,15-16,18,23H,9-14,17H2,1-2H3,(H,28,32)(H,29,33)/t23-/m0/s1. The van der Waals surface area contributed by atoms with Crippen LogP contribution in [-0.2, 0) is 0 Å². The lowest BCUT2D eigenvalue weighted by Crippen LogP contribution is -2.57. The molecule has 3 saturated heterocycles. The van der Waals surface area contributed by atoms with Gasteiger partial charge >= 0.3 is 0 Å². The van der Waals surface area contributed by atoms with E-state index in [-0.39, 0.29) is 17.9 Å². The Hall–Kier alpha value is -3.16. The van der Waals surface area contributed by atoms with Gasteiger partial charge in [-0.3, -0.25) is 9.59 Å². The molecule has 3 aliphatic rings. The highest BCUT2D eigenvalue weighted by Crippen LogP contribution is 2.32. The fourth-order valence-electron chi connectivity index (χ4n) is 5.09. The number of fused-ring (bicyclic) bond motifs is 4. The van der Waals surface area contributed by atoms with Crippen LogP contribution in [0.15, 0.2) is 52.9 Å². The monoisotopic (exact) mass is 460 g/mol. The van der Waals surface area contributed by atoms with Crippen LogP contribution in [0, 0.1) is 5.92 Å². The molecule has 3 aromatic rings. The second-order valence-corrected chi connectivity index (χ2v) is 9.69. The predicted octanol–water partition coefficient (Wildman–Crippen LogP) is 3.22. The van der Waals surface area contributed by atoms with Gasteiger partial charge in [0.15, 0.2) is 5.76 Å². The van der Waals surface area contributed by atoms with Gasteiger partial charge in [0.1, 0.15) is 5.58 Å². The van der Waals surface area contributed by atoms with E-state index in [1.165, 1.54) is 0 Å². The summed E-state index contributed by atoms with van der Waals surface area (Å²) in [6, 6.07) is 15.4. The lowest BCUT2D eigenvalue weighted by molar-refractivity contribution is 0.0607. The molecule has 0 radical (unpaired) electrons. The van der Waals surface area contributed by atoms with Crippen molar-refractivity contribution in [3.63, 3.8) is 0 Å². The van der Waals surface area contributed by atoms with Crippen molar-refractivity contribution in [2.75, 3.05) is 46.8 Å². The van der Waals surface area contributed by atoms with Gasteiger partial charge in [-0.2, -0.15) is 0 Å². The molecular formula is C27H32N4O3. The fraction of sp³-hybridized carbons (Fsp3) is 0.407. The van der Waals surface area contributed by atoms with E-state index in [0.717, 1.165) is 55.5 Å². The third-order valence-electron chi connectivity index (χ3n) is 7.02. The average Bonchev–Trinajstić information content (AvgIpc) is 3.29. The molecule has 0 unspecified atom stereocenters. The first-order chi connectivity index (χ1) is 16.5. The third kappa shape index (κ3) is 4.72. The zero-order valence-corrected chi connectivity index (χ0v) is 19.8. The van der Waals surface area contributed by atoms with Gasteiger partial charge < -0.3 is 24.9 Å². The second-order valence-electron chi connectivity index (χ2n) is 9.69. The van der Waals surface area contributed by atoms with Gasteiger partial charge in [-0.05, 0) is 69.7 Å². The van der Waals surface area contributed by atoms with Gasteiger partial charge in [0.25, 0.3) is 11.8 Å². The quantitative estimate of drug-likeness (QED) is 0.566. The van der Waals surface area contributed by atoms with Crippen LogP contribution in [0.2, 0.25) is 0 Å². The zero-order valence-electron chi connectivity index (χ0n) is 19.8. The topological polar surface area (TPSA) is 77.8 Å². The Kier molecular flexibility index (Phi) is 6.39. The Balaban J connectivity index is 1.36. The molecule has 2 aromatic carbocycles.